The van der Waals surface area contributed by atoms with Crippen LogP contribution in [0, 0.1) is 0 Å². The van der Waals surface area contributed by atoms with E-state index in [2.05, 4.69) is 148 Å². The van der Waals surface area contributed by atoms with Crippen LogP contribution in [0.4, 0.5) is 0 Å². The minimum atomic E-state index is 0.132. The van der Waals surface area contributed by atoms with Gasteiger partial charge in [0.05, 0.1) is 0 Å². The van der Waals surface area contributed by atoms with Gasteiger partial charge >= 0.3 is 0 Å². The van der Waals surface area contributed by atoms with Crippen LogP contribution in [0.3, 0.4) is 0 Å². The monoisotopic (exact) mass is 576 g/mol. The predicted molar refractivity (Wildman–Crippen MR) is 192 cm³/mol. The van der Waals surface area contributed by atoms with Crippen molar-refractivity contribution in [2.75, 3.05) is 0 Å². The van der Waals surface area contributed by atoms with Crippen molar-refractivity contribution in [1.29, 1.82) is 0 Å². The van der Waals surface area contributed by atoms with Crippen molar-refractivity contribution in [3.63, 3.8) is 0 Å². The fourth-order valence-corrected chi connectivity index (χ4v) is 7.28. The molecule has 1 nitrogen and oxygen atoms in total. The number of benzene rings is 8. The Labute approximate surface area is 262 Å². The van der Waals surface area contributed by atoms with Gasteiger partial charge in [-0.2, -0.15) is 0 Å². The summed E-state index contributed by atoms with van der Waals surface area (Å²) in [5.74, 6) is 0. The van der Waals surface area contributed by atoms with Gasteiger partial charge in [0.2, 0.25) is 0 Å². The Bertz CT molecular complexity index is 2560. The van der Waals surface area contributed by atoms with E-state index in [-0.39, 0.29) is 5.41 Å². The van der Waals surface area contributed by atoms with Crippen molar-refractivity contribution in [1.82, 2.24) is 0 Å². The topological polar surface area (TPSA) is 13.1 Å². The van der Waals surface area contributed by atoms with Crippen LogP contribution in [-0.4, -0.2) is 0 Å². The molecule has 45 heavy (non-hydrogen) atoms. The second-order valence-electron chi connectivity index (χ2n) is 13.3. The van der Waals surface area contributed by atoms with E-state index in [9.17, 15) is 0 Å². The van der Waals surface area contributed by atoms with Gasteiger partial charge in [-0.1, -0.05) is 148 Å². The third kappa shape index (κ3) is 4.01. The molecule has 0 unspecified atom stereocenters. The van der Waals surface area contributed by atoms with E-state index in [4.69, 9.17) is 4.42 Å². The normalized spacial score (nSPS) is 12.3. The molecular formula is C44H32O. The quantitative estimate of drug-likeness (QED) is 0.191. The molecule has 0 spiro atoms. The summed E-state index contributed by atoms with van der Waals surface area (Å²) < 4.78 is 6.40. The maximum Gasteiger partial charge on any atom is 0.143 e. The third-order valence-corrected chi connectivity index (χ3v) is 9.62. The van der Waals surface area contributed by atoms with E-state index in [1.807, 2.05) is 12.1 Å². The maximum atomic E-state index is 6.40. The van der Waals surface area contributed by atoms with Gasteiger partial charge in [0.25, 0.3) is 0 Å². The summed E-state index contributed by atoms with van der Waals surface area (Å²) in [5, 5.41) is 10.1. The molecule has 0 saturated heterocycles. The Kier molecular flexibility index (Phi) is 5.53. The molecule has 9 rings (SSSR count). The fraction of sp³-hybridized carbons (Fsp3) is 0.0909. The van der Waals surface area contributed by atoms with Crippen LogP contribution in [0.5, 0.6) is 0 Å². The third-order valence-electron chi connectivity index (χ3n) is 9.62. The molecule has 0 aliphatic rings. The van der Waals surface area contributed by atoms with Gasteiger partial charge in [-0.15, -0.1) is 0 Å². The first kappa shape index (κ1) is 26.0. The molecule has 0 saturated carbocycles. The summed E-state index contributed by atoms with van der Waals surface area (Å²) in [6.07, 6.45) is 0. The molecule has 0 aliphatic heterocycles. The molecular weight excluding hydrogens is 544 g/mol. The molecule has 214 valence electrons. The number of fused-ring (bicyclic) bond motifs is 3. The molecule has 8 aromatic carbocycles. The molecule has 0 radical (unpaired) electrons. The summed E-state index contributed by atoms with van der Waals surface area (Å²) in [7, 11) is 0. The largest absolute Gasteiger partial charge is 0.455 e. The zero-order chi connectivity index (χ0) is 30.3. The summed E-state index contributed by atoms with van der Waals surface area (Å²) >= 11 is 0. The standard InChI is InChI=1S/C44H32O/c1-44(2,3)32-20-14-27(15-21-32)33-22-16-28-19-25-38-34(23-17-29-18-24-37(33)41(28)42(29)38)30-8-6-9-31(26-30)35-11-7-12-39-36-10-4-5-13-40(36)45-43(35)39/h4-26H,1-3H3. The highest BCUT2D eigenvalue weighted by Crippen LogP contribution is 2.43. The molecule has 0 atom stereocenters. The van der Waals surface area contributed by atoms with E-state index >= 15 is 0 Å². The highest BCUT2D eigenvalue weighted by atomic mass is 16.3. The average Bonchev–Trinajstić information content (AvgIpc) is 3.46. The van der Waals surface area contributed by atoms with E-state index in [0.717, 1.165) is 33.1 Å². The minimum Gasteiger partial charge on any atom is -0.455 e. The van der Waals surface area contributed by atoms with Gasteiger partial charge in [0.1, 0.15) is 11.2 Å². The van der Waals surface area contributed by atoms with Gasteiger partial charge in [-0.05, 0) is 83.2 Å². The minimum absolute atomic E-state index is 0.132. The lowest BCUT2D eigenvalue weighted by Gasteiger charge is -2.20. The van der Waals surface area contributed by atoms with Crippen LogP contribution in [0.15, 0.2) is 144 Å². The Morgan fingerprint density at radius 3 is 1.69 bits per heavy atom. The Morgan fingerprint density at radius 2 is 1.00 bits per heavy atom. The average molecular weight is 577 g/mol. The van der Waals surface area contributed by atoms with Gasteiger partial charge in [-0.25, -0.2) is 0 Å². The number of furan rings is 1. The molecule has 0 N–H and O–H groups in total. The van der Waals surface area contributed by atoms with Gasteiger partial charge in [-0.3, -0.25) is 0 Å². The summed E-state index contributed by atoms with van der Waals surface area (Å²) in [5.41, 5.74) is 10.6. The lowest BCUT2D eigenvalue weighted by atomic mass is 9.84. The number of rotatable bonds is 3. The fourth-order valence-electron chi connectivity index (χ4n) is 7.28. The zero-order valence-electron chi connectivity index (χ0n) is 25.7. The Hall–Kier alpha value is -5.40. The van der Waals surface area contributed by atoms with Crippen molar-refractivity contribution in [3.8, 4) is 33.4 Å². The number of para-hydroxylation sites is 2. The second kappa shape index (κ2) is 9.55. The molecule has 0 bridgehead atoms. The van der Waals surface area contributed by atoms with E-state index in [0.29, 0.717) is 0 Å². The van der Waals surface area contributed by atoms with Crippen LogP contribution < -0.4 is 0 Å². The highest BCUT2D eigenvalue weighted by Gasteiger charge is 2.18. The number of hydrogen-bond acceptors (Lipinski definition) is 1. The van der Waals surface area contributed by atoms with Crippen LogP contribution in [0.25, 0.3) is 87.6 Å². The molecule has 0 amide bonds. The van der Waals surface area contributed by atoms with Crippen LogP contribution in [0.1, 0.15) is 26.3 Å². The van der Waals surface area contributed by atoms with E-state index in [1.54, 1.807) is 0 Å². The van der Waals surface area contributed by atoms with E-state index < -0.39 is 0 Å². The van der Waals surface area contributed by atoms with Crippen LogP contribution >= 0.6 is 0 Å². The van der Waals surface area contributed by atoms with Crippen molar-refractivity contribution < 1.29 is 4.42 Å². The SMILES string of the molecule is CC(C)(C)c1ccc(-c2ccc3ccc4c(-c5cccc(-c6cccc7c6oc6ccccc67)c5)ccc5ccc2c3c54)cc1. The highest BCUT2D eigenvalue weighted by molar-refractivity contribution is 6.27. The van der Waals surface area contributed by atoms with Crippen molar-refractivity contribution in [3.05, 3.63) is 145 Å². The van der Waals surface area contributed by atoms with Crippen molar-refractivity contribution in [2.45, 2.75) is 26.2 Å². The number of hydrogen-bond donors (Lipinski definition) is 0. The van der Waals surface area contributed by atoms with Crippen LogP contribution in [0.2, 0.25) is 0 Å². The first-order valence-electron chi connectivity index (χ1n) is 15.8. The summed E-state index contributed by atoms with van der Waals surface area (Å²) in [6.45, 7) is 6.81. The van der Waals surface area contributed by atoms with Crippen LogP contribution in [-0.2, 0) is 5.41 Å². The lowest BCUT2D eigenvalue weighted by molar-refractivity contribution is 0.590. The zero-order valence-corrected chi connectivity index (χ0v) is 25.7. The van der Waals surface area contributed by atoms with Crippen molar-refractivity contribution in [2.24, 2.45) is 0 Å². The first-order valence-corrected chi connectivity index (χ1v) is 15.8. The molecule has 1 heteroatoms. The lowest BCUT2D eigenvalue weighted by Crippen LogP contribution is -2.10. The van der Waals surface area contributed by atoms with Gasteiger partial charge in [0, 0.05) is 16.3 Å². The van der Waals surface area contributed by atoms with Crippen molar-refractivity contribution >= 4 is 54.3 Å². The summed E-state index contributed by atoms with van der Waals surface area (Å²) in [4.78, 5) is 0. The maximum absolute atomic E-state index is 6.40. The molecule has 1 aromatic heterocycles. The van der Waals surface area contributed by atoms with Gasteiger partial charge in [0.15, 0.2) is 0 Å². The molecule has 1 heterocycles. The summed E-state index contributed by atoms with van der Waals surface area (Å²) in [6, 6.07) is 51.1. The first-order chi connectivity index (χ1) is 21.9. The van der Waals surface area contributed by atoms with Gasteiger partial charge < -0.3 is 4.42 Å². The molecule has 9 aromatic rings. The second-order valence-corrected chi connectivity index (χ2v) is 13.3. The predicted octanol–water partition coefficient (Wildman–Crippen LogP) is 12.8. The van der Waals surface area contributed by atoms with E-state index in [1.165, 1.54) is 60.1 Å². The Balaban J connectivity index is 1.22. The molecule has 0 aliphatic carbocycles. The molecule has 0 fully saturated rings. The Morgan fingerprint density at radius 1 is 0.422 bits per heavy atom. The smallest absolute Gasteiger partial charge is 0.143 e.